The minimum absolute atomic E-state index is 0.0128. The van der Waals surface area contributed by atoms with Gasteiger partial charge in [-0.25, -0.2) is 8.78 Å². The molecule has 94 valence electrons. The van der Waals surface area contributed by atoms with Gasteiger partial charge in [0.1, 0.15) is 11.6 Å². The molecule has 2 atom stereocenters. The second-order valence-electron chi connectivity index (χ2n) is 4.17. The monoisotopic (exact) mass is 306 g/mol. The van der Waals surface area contributed by atoms with Crippen LogP contribution in [-0.2, 0) is 4.74 Å². The van der Waals surface area contributed by atoms with E-state index in [4.69, 9.17) is 4.74 Å². The standard InChI is InChI=1S/C12H13BrF2O2/c13-9-6-10(14)8(5-11(9)15)12(16)4-7-2-1-3-17-7/h5-7,12,16H,1-4H2. The zero-order valence-electron chi connectivity index (χ0n) is 9.13. The van der Waals surface area contributed by atoms with Crippen molar-refractivity contribution >= 4 is 15.9 Å². The summed E-state index contributed by atoms with van der Waals surface area (Å²) in [5, 5.41) is 9.88. The number of aliphatic hydroxyl groups excluding tert-OH is 1. The molecule has 0 amide bonds. The summed E-state index contributed by atoms with van der Waals surface area (Å²) in [5.41, 5.74) is -0.0128. The molecule has 2 unspecified atom stereocenters. The molecule has 1 saturated heterocycles. The van der Waals surface area contributed by atoms with Crippen LogP contribution >= 0.6 is 15.9 Å². The van der Waals surface area contributed by atoms with Crippen molar-refractivity contribution in [2.45, 2.75) is 31.5 Å². The second-order valence-corrected chi connectivity index (χ2v) is 5.03. The average molecular weight is 307 g/mol. The number of benzene rings is 1. The first-order valence-electron chi connectivity index (χ1n) is 5.52. The van der Waals surface area contributed by atoms with Crippen molar-refractivity contribution in [2.24, 2.45) is 0 Å². The van der Waals surface area contributed by atoms with E-state index in [0.717, 1.165) is 25.0 Å². The summed E-state index contributed by atoms with van der Waals surface area (Å²) in [4.78, 5) is 0. The normalized spacial score (nSPS) is 21.8. The van der Waals surface area contributed by atoms with Gasteiger partial charge in [-0.3, -0.25) is 0 Å². The molecule has 17 heavy (non-hydrogen) atoms. The summed E-state index contributed by atoms with van der Waals surface area (Å²) in [6.45, 7) is 0.675. The lowest BCUT2D eigenvalue weighted by Gasteiger charge is -2.16. The van der Waals surface area contributed by atoms with Crippen molar-refractivity contribution in [3.63, 3.8) is 0 Å². The smallest absolute Gasteiger partial charge is 0.137 e. The lowest BCUT2D eigenvalue weighted by Crippen LogP contribution is -2.12. The third-order valence-electron chi connectivity index (χ3n) is 2.91. The van der Waals surface area contributed by atoms with E-state index in [2.05, 4.69) is 15.9 Å². The first-order valence-corrected chi connectivity index (χ1v) is 6.31. The van der Waals surface area contributed by atoms with Crippen LogP contribution in [0.2, 0.25) is 0 Å². The summed E-state index contributed by atoms with van der Waals surface area (Å²) in [5.74, 6) is -1.18. The fourth-order valence-corrected chi connectivity index (χ4v) is 2.31. The maximum atomic E-state index is 13.6. The fourth-order valence-electron chi connectivity index (χ4n) is 2.00. The van der Waals surface area contributed by atoms with Gasteiger partial charge in [0, 0.05) is 18.6 Å². The van der Waals surface area contributed by atoms with E-state index < -0.39 is 17.7 Å². The minimum Gasteiger partial charge on any atom is -0.388 e. The fraction of sp³-hybridized carbons (Fsp3) is 0.500. The zero-order valence-corrected chi connectivity index (χ0v) is 10.7. The van der Waals surface area contributed by atoms with Crippen molar-refractivity contribution in [1.29, 1.82) is 0 Å². The van der Waals surface area contributed by atoms with Gasteiger partial charge in [-0.15, -0.1) is 0 Å². The molecule has 1 aliphatic rings. The molecule has 2 nitrogen and oxygen atoms in total. The van der Waals surface area contributed by atoms with Gasteiger partial charge >= 0.3 is 0 Å². The van der Waals surface area contributed by atoms with Gasteiger partial charge in [0.15, 0.2) is 0 Å². The van der Waals surface area contributed by atoms with Crippen LogP contribution in [0.3, 0.4) is 0 Å². The highest BCUT2D eigenvalue weighted by Gasteiger charge is 2.23. The molecule has 0 bridgehead atoms. The Morgan fingerprint density at radius 3 is 2.82 bits per heavy atom. The Labute approximate surface area is 107 Å². The number of aliphatic hydroxyl groups is 1. The Morgan fingerprint density at radius 1 is 1.41 bits per heavy atom. The molecule has 0 spiro atoms. The second kappa shape index (κ2) is 5.42. The SMILES string of the molecule is OC(CC1CCCO1)c1cc(F)c(Br)cc1F. The molecule has 1 heterocycles. The van der Waals surface area contributed by atoms with E-state index in [-0.39, 0.29) is 16.1 Å². The van der Waals surface area contributed by atoms with E-state index in [1.807, 2.05) is 0 Å². The van der Waals surface area contributed by atoms with Crippen LogP contribution in [0.15, 0.2) is 16.6 Å². The number of halogens is 3. The molecule has 0 aromatic heterocycles. The Kier molecular flexibility index (Phi) is 4.12. The summed E-state index contributed by atoms with van der Waals surface area (Å²) >= 11 is 2.90. The lowest BCUT2D eigenvalue weighted by molar-refractivity contribution is 0.0520. The molecule has 0 aliphatic carbocycles. The molecule has 2 rings (SSSR count). The molecule has 1 aromatic carbocycles. The Bertz CT molecular complexity index is 406. The highest BCUT2D eigenvalue weighted by atomic mass is 79.9. The first-order chi connectivity index (χ1) is 8.08. The van der Waals surface area contributed by atoms with Crippen LogP contribution in [0, 0.1) is 11.6 Å². The zero-order chi connectivity index (χ0) is 12.4. The van der Waals surface area contributed by atoms with E-state index in [1.165, 1.54) is 0 Å². The highest BCUT2D eigenvalue weighted by Crippen LogP contribution is 2.29. The summed E-state index contributed by atoms with van der Waals surface area (Å²) < 4.78 is 32.2. The van der Waals surface area contributed by atoms with Crippen LogP contribution in [0.25, 0.3) is 0 Å². The molecular weight excluding hydrogens is 294 g/mol. The Morgan fingerprint density at radius 2 is 2.18 bits per heavy atom. The van der Waals surface area contributed by atoms with Crippen LogP contribution in [-0.4, -0.2) is 17.8 Å². The quantitative estimate of drug-likeness (QED) is 0.868. The van der Waals surface area contributed by atoms with Gasteiger partial charge in [0.25, 0.3) is 0 Å². The summed E-state index contributed by atoms with van der Waals surface area (Å²) in [6, 6.07) is 2.06. The van der Waals surface area contributed by atoms with Crippen molar-refractivity contribution in [3.05, 3.63) is 33.8 Å². The predicted molar refractivity (Wildman–Crippen MR) is 62.6 cm³/mol. The van der Waals surface area contributed by atoms with E-state index in [1.54, 1.807) is 0 Å². The average Bonchev–Trinajstić information content (AvgIpc) is 2.76. The molecule has 5 heteroatoms. The van der Waals surface area contributed by atoms with Gasteiger partial charge in [-0.1, -0.05) is 0 Å². The molecule has 0 radical (unpaired) electrons. The molecule has 1 N–H and O–H groups in total. The van der Waals surface area contributed by atoms with E-state index in [0.29, 0.717) is 13.0 Å². The largest absolute Gasteiger partial charge is 0.388 e. The topological polar surface area (TPSA) is 29.5 Å². The van der Waals surface area contributed by atoms with Crippen molar-refractivity contribution in [1.82, 2.24) is 0 Å². The van der Waals surface area contributed by atoms with Gasteiger partial charge in [0.2, 0.25) is 0 Å². The third kappa shape index (κ3) is 3.03. The molecule has 1 aliphatic heterocycles. The number of hydrogen-bond donors (Lipinski definition) is 1. The van der Waals surface area contributed by atoms with E-state index >= 15 is 0 Å². The molecule has 0 saturated carbocycles. The number of rotatable bonds is 3. The lowest BCUT2D eigenvalue weighted by atomic mass is 10.0. The van der Waals surface area contributed by atoms with Gasteiger partial charge < -0.3 is 9.84 Å². The number of ether oxygens (including phenoxy) is 1. The van der Waals surface area contributed by atoms with Crippen LogP contribution < -0.4 is 0 Å². The maximum Gasteiger partial charge on any atom is 0.137 e. The highest BCUT2D eigenvalue weighted by molar-refractivity contribution is 9.10. The van der Waals surface area contributed by atoms with Crippen LogP contribution in [0.5, 0.6) is 0 Å². The molecular formula is C12H13BrF2O2. The Balaban J connectivity index is 2.12. The van der Waals surface area contributed by atoms with Crippen LogP contribution in [0.4, 0.5) is 8.78 Å². The Hall–Kier alpha value is -0.520. The van der Waals surface area contributed by atoms with Gasteiger partial charge in [-0.2, -0.15) is 0 Å². The minimum atomic E-state index is -1.03. The van der Waals surface area contributed by atoms with Crippen molar-refractivity contribution in [3.8, 4) is 0 Å². The van der Waals surface area contributed by atoms with Crippen LogP contribution in [0.1, 0.15) is 30.9 Å². The number of hydrogen-bond acceptors (Lipinski definition) is 2. The summed E-state index contributed by atoms with van der Waals surface area (Å²) in [7, 11) is 0. The van der Waals surface area contributed by atoms with Crippen molar-refractivity contribution in [2.75, 3.05) is 6.61 Å². The summed E-state index contributed by atoms with van der Waals surface area (Å²) in [6.07, 6.45) is 1.03. The first kappa shape index (κ1) is 12.9. The van der Waals surface area contributed by atoms with E-state index in [9.17, 15) is 13.9 Å². The van der Waals surface area contributed by atoms with Gasteiger partial charge in [0.05, 0.1) is 16.7 Å². The predicted octanol–water partition coefficient (Wildman–Crippen LogP) is 3.33. The van der Waals surface area contributed by atoms with Gasteiger partial charge in [-0.05, 0) is 40.9 Å². The van der Waals surface area contributed by atoms with Crippen molar-refractivity contribution < 1.29 is 18.6 Å². The maximum absolute atomic E-state index is 13.6. The third-order valence-corrected chi connectivity index (χ3v) is 3.52. The molecule has 1 fully saturated rings. The molecule has 1 aromatic rings.